The smallest absolute Gasteiger partial charge is 0.138 e. The summed E-state index contributed by atoms with van der Waals surface area (Å²) in [7, 11) is 0. The molecule has 0 aliphatic carbocycles. The quantitative estimate of drug-likeness (QED) is 0.697. The summed E-state index contributed by atoms with van der Waals surface area (Å²) >= 11 is 5.84. The first-order chi connectivity index (χ1) is 6.20. The Morgan fingerprint density at radius 2 is 1.69 bits per heavy atom. The van der Waals surface area contributed by atoms with E-state index in [-0.39, 0.29) is 6.10 Å². The summed E-state index contributed by atoms with van der Waals surface area (Å²) in [5, 5.41) is 0.668. The highest BCUT2D eigenvalue weighted by Crippen LogP contribution is 2.23. The molecule has 0 aliphatic rings. The van der Waals surface area contributed by atoms with Gasteiger partial charge in [0.05, 0.1) is 11.1 Å². The largest absolute Gasteiger partial charge is 0.489 e. The molecule has 1 rings (SSSR count). The van der Waals surface area contributed by atoms with Crippen LogP contribution in [0.2, 0.25) is 5.02 Å². The van der Waals surface area contributed by atoms with Gasteiger partial charge in [0.1, 0.15) is 5.75 Å². The van der Waals surface area contributed by atoms with Crippen LogP contribution in [0.4, 0.5) is 0 Å². The van der Waals surface area contributed by atoms with E-state index < -0.39 is 0 Å². The van der Waals surface area contributed by atoms with E-state index in [1.54, 1.807) is 0 Å². The van der Waals surface area contributed by atoms with Crippen LogP contribution >= 0.6 is 11.6 Å². The lowest BCUT2D eigenvalue weighted by atomic mass is 10.3. The van der Waals surface area contributed by atoms with E-state index in [0.29, 0.717) is 5.02 Å². The summed E-state index contributed by atoms with van der Waals surface area (Å²) < 4.78 is 5.41. The highest BCUT2D eigenvalue weighted by molar-refractivity contribution is 6.32. The number of benzene rings is 1. The van der Waals surface area contributed by atoms with Crippen LogP contribution in [-0.4, -0.2) is 6.10 Å². The topological polar surface area (TPSA) is 9.23 Å². The van der Waals surface area contributed by atoms with Gasteiger partial charge in [-0.1, -0.05) is 37.6 Å². The molecule has 0 fully saturated rings. The molecule has 0 N–H and O–H groups in total. The van der Waals surface area contributed by atoms with Crippen LogP contribution in [0.5, 0.6) is 5.75 Å². The Hall–Kier alpha value is -0.690. The van der Waals surface area contributed by atoms with Gasteiger partial charge in [-0.15, -0.1) is 0 Å². The van der Waals surface area contributed by atoms with Crippen molar-refractivity contribution in [1.29, 1.82) is 0 Å². The number of ether oxygens (including phenoxy) is 1. The zero-order valence-electron chi connectivity index (χ0n) is 8.67. The van der Waals surface area contributed by atoms with Gasteiger partial charge < -0.3 is 4.74 Å². The van der Waals surface area contributed by atoms with Gasteiger partial charge in [0.25, 0.3) is 0 Å². The van der Waals surface area contributed by atoms with Gasteiger partial charge in [-0.05, 0) is 26.0 Å². The zero-order valence-corrected chi connectivity index (χ0v) is 9.43. The van der Waals surface area contributed by atoms with E-state index in [4.69, 9.17) is 16.3 Å². The minimum Gasteiger partial charge on any atom is -0.489 e. The van der Waals surface area contributed by atoms with Gasteiger partial charge >= 0.3 is 0 Å². The molecule has 0 saturated heterocycles. The molecule has 1 aromatic carbocycles. The molecule has 0 aliphatic heterocycles. The van der Waals surface area contributed by atoms with E-state index in [9.17, 15) is 0 Å². The molecule has 0 atom stereocenters. The highest BCUT2D eigenvalue weighted by atomic mass is 35.5. The third-order valence-electron chi connectivity index (χ3n) is 1.20. The summed E-state index contributed by atoms with van der Waals surface area (Å²) in [6.07, 6.45) is 0.176. The molecule has 1 nitrogen and oxygen atoms in total. The fourth-order valence-electron chi connectivity index (χ4n) is 0.794. The monoisotopic (exact) mass is 200 g/mol. The normalized spacial score (nSPS) is 9.08. The molecule has 13 heavy (non-hydrogen) atoms. The highest BCUT2D eigenvalue weighted by Gasteiger charge is 2.00. The maximum absolute atomic E-state index is 5.84. The standard InChI is InChI=1S/C9H11ClO.C2H6/c1-7(2)11-9-6-4-3-5-8(9)10;1-2/h3-7H,1-2H3;1-2H3. The summed E-state index contributed by atoms with van der Waals surface area (Å²) in [5.74, 6) is 0.754. The molecule has 0 bridgehead atoms. The van der Waals surface area contributed by atoms with Crippen LogP contribution in [0, 0.1) is 0 Å². The zero-order chi connectivity index (χ0) is 10.3. The van der Waals surface area contributed by atoms with E-state index in [1.165, 1.54) is 0 Å². The Kier molecular flexibility index (Phi) is 6.43. The van der Waals surface area contributed by atoms with Crippen LogP contribution < -0.4 is 4.74 Å². The second-order valence-corrected chi connectivity index (χ2v) is 3.00. The molecule has 0 spiro atoms. The van der Waals surface area contributed by atoms with Crippen LogP contribution in [0.25, 0.3) is 0 Å². The predicted molar refractivity (Wildman–Crippen MR) is 58.6 cm³/mol. The predicted octanol–water partition coefficient (Wildman–Crippen LogP) is 4.15. The van der Waals surface area contributed by atoms with Crippen molar-refractivity contribution in [2.24, 2.45) is 0 Å². The third kappa shape index (κ3) is 4.79. The van der Waals surface area contributed by atoms with Gasteiger partial charge in [0.2, 0.25) is 0 Å². The molecule has 0 unspecified atom stereocenters. The number of para-hydroxylation sites is 1. The van der Waals surface area contributed by atoms with Gasteiger partial charge in [-0.2, -0.15) is 0 Å². The molecule has 74 valence electrons. The Labute approximate surface area is 85.7 Å². The third-order valence-corrected chi connectivity index (χ3v) is 1.51. The van der Waals surface area contributed by atoms with E-state index >= 15 is 0 Å². The minimum atomic E-state index is 0.176. The van der Waals surface area contributed by atoms with Crippen LogP contribution in [0.1, 0.15) is 27.7 Å². The van der Waals surface area contributed by atoms with Crippen molar-refractivity contribution < 1.29 is 4.74 Å². The molecular weight excluding hydrogens is 184 g/mol. The van der Waals surface area contributed by atoms with Crippen LogP contribution in [0.15, 0.2) is 24.3 Å². The van der Waals surface area contributed by atoms with Gasteiger partial charge in [0.15, 0.2) is 0 Å². The van der Waals surface area contributed by atoms with Crippen molar-refractivity contribution in [3.05, 3.63) is 29.3 Å². The average molecular weight is 201 g/mol. The maximum Gasteiger partial charge on any atom is 0.138 e. The molecule has 0 amide bonds. The minimum absolute atomic E-state index is 0.176. The number of hydrogen-bond donors (Lipinski definition) is 0. The van der Waals surface area contributed by atoms with Gasteiger partial charge in [-0.3, -0.25) is 0 Å². The summed E-state index contributed by atoms with van der Waals surface area (Å²) in [6.45, 7) is 7.95. The van der Waals surface area contributed by atoms with Crippen LogP contribution in [-0.2, 0) is 0 Å². The molecule has 0 saturated carbocycles. The molecule has 1 aromatic rings. The Morgan fingerprint density at radius 3 is 2.15 bits per heavy atom. The SMILES string of the molecule is CC.CC(C)Oc1ccccc1Cl. The lowest BCUT2D eigenvalue weighted by Gasteiger charge is -2.10. The second-order valence-electron chi connectivity index (χ2n) is 2.60. The molecule has 2 heteroatoms. The fourth-order valence-corrected chi connectivity index (χ4v) is 0.975. The fraction of sp³-hybridized carbons (Fsp3) is 0.455. The Bertz CT molecular complexity index is 233. The van der Waals surface area contributed by atoms with Crippen molar-refractivity contribution in [3.8, 4) is 5.75 Å². The summed E-state index contributed by atoms with van der Waals surface area (Å²) in [5.41, 5.74) is 0. The van der Waals surface area contributed by atoms with E-state index in [0.717, 1.165) is 5.75 Å². The van der Waals surface area contributed by atoms with Gasteiger partial charge in [-0.25, -0.2) is 0 Å². The lowest BCUT2D eigenvalue weighted by Crippen LogP contribution is -2.05. The van der Waals surface area contributed by atoms with Crippen molar-refractivity contribution in [2.45, 2.75) is 33.8 Å². The maximum atomic E-state index is 5.84. The Balaban J connectivity index is 0.000000671. The van der Waals surface area contributed by atoms with Gasteiger partial charge in [0, 0.05) is 0 Å². The summed E-state index contributed by atoms with van der Waals surface area (Å²) in [6, 6.07) is 7.47. The first-order valence-electron chi connectivity index (χ1n) is 4.61. The second kappa shape index (κ2) is 6.79. The average Bonchev–Trinajstić information content (AvgIpc) is 2.12. The van der Waals surface area contributed by atoms with Crippen molar-refractivity contribution in [1.82, 2.24) is 0 Å². The van der Waals surface area contributed by atoms with E-state index in [2.05, 4.69) is 0 Å². The molecular formula is C11H17ClO. The molecule has 0 aromatic heterocycles. The number of rotatable bonds is 2. The number of halogens is 1. The first kappa shape index (κ1) is 12.3. The van der Waals surface area contributed by atoms with Crippen LogP contribution in [0.3, 0.4) is 0 Å². The molecule has 0 heterocycles. The Morgan fingerprint density at radius 1 is 1.15 bits per heavy atom. The number of hydrogen-bond acceptors (Lipinski definition) is 1. The van der Waals surface area contributed by atoms with E-state index in [1.807, 2.05) is 52.0 Å². The lowest BCUT2D eigenvalue weighted by molar-refractivity contribution is 0.242. The van der Waals surface area contributed by atoms with Crippen molar-refractivity contribution >= 4 is 11.6 Å². The van der Waals surface area contributed by atoms with Crippen molar-refractivity contribution in [3.63, 3.8) is 0 Å². The van der Waals surface area contributed by atoms with Crippen molar-refractivity contribution in [2.75, 3.05) is 0 Å². The molecule has 0 radical (unpaired) electrons. The first-order valence-corrected chi connectivity index (χ1v) is 4.99. The summed E-state index contributed by atoms with van der Waals surface area (Å²) in [4.78, 5) is 0.